The molecule has 9 nitrogen and oxygen atoms in total. The van der Waals surface area contributed by atoms with Gasteiger partial charge in [-0.15, -0.1) is 11.8 Å². The molecule has 0 radical (unpaired) electrons. The number of nitrogens with two attached hydrogens (primary N) is 1. The molecular weight excluding hydrogens is 508 g/mol. The van der Waals surface area contributed by atoms with Crippen LogP contribution in [-0.4, -0.2) is 77.9 Å². The van der Waals surface area contributed by atoms with Crippen molar-refractivity contribution in [1.29, 1.82) is 0 Å². The van der Waals surface area contributed by atoms with Gasteiger partial charge in [0, 0.05) is 41.0 Å². The van der Waals surface area contributed by atoms with Gasteiger partial charge < -0.3 is 40.2 Å². The van der Waals surface area contributed by atoms with Gasteiger partial charge in [-0.05, 0) is 50.2 Å². The van der Waals surface area contributed by atoms with Crippen molar-refractivity contribution in [3.63, 3.8) is 0 Å². The van der Waals surface area contributed by atoms with E-state index in [0.29, 0.717) is 27.5 Å². The van der Waals surface area contributed by atoms with Gasteiger partial charge in [0.25, 0.3) is 0 Å². The molecule has 200 valence electrons. The van der Waals surface area contributed by atoms with Gasteiger partial charge in [-0.3, -0.25) is 4.79 Å². The van der Waals surface area contributed by atoms with Crippen LogP contribution in [0.4, 0.5) is 0 Å². The molecule has 2 heterocycles. The van der Waals surface area contributed by atoms with Crippen LogP contribution in [0.1, 0.15) is 28.7 Å². The maximum atomic E-state index is 11.8. The second kappa shape index (κ2) is 7.59. The number of piperidine rings is 1. The third-order valence-electron chi connectivity index (χ3n) is 9.73. The second-order valence-electron chi connectivity index (χ2n) is 11.0. The van der Waals surface area contributed by atoms with Crippen LogP contribution in [-0.2, 0) is 32.4 Å². The van der Waals surface area contributed by atoms with E-state index in [9.17, 15) is 20.1 Å². The summed E-state index contributed by atoms with van der Waals surface area (Å²) < 4.78 is 18.9. The van der Waals surface area contributed by atoms with E-state index in [1.165, 1.54) is 5.56 Å². The topological polar surface area (TPSA) is 135 Å². The Balaban J connectivity index is 1.54. The van der Waals surface area contributed by atoms with Gasteiger partial charge in [-0.1, -0.05) is 12.1 Å². The molecule has 1 saturated heterocycles. The second-order valence-corrected chi connectivity index (χ2v) is 12.1. The van der Waals surface area contributed by atoms with Gasteiger partial charge in [-0.25, -0.2) is 0 Å². The molecule has 2 spiro atoms. The molecule has 6 aliphatic rings. The fourth-order valence-corrected chi connectivity index (χ4v) is 9.21. The minimum Gasteiger partial charge on any atom is -0.508 e. The molecule has 5 N–H and O–H groups in total. The van der Waals surface area contributed by atoms with Crippen molar-refractivity contribution >= 4 is 17.7 Å². The zero-order valence-electron chi connectivity index (χ0n) is 21.4. The van der Waals surface area contributed by atoms with E-state index >= 15 is 0 Å². The fraction of sp³-hybridized carbons (Fsp3) is 0.464. The van der Waals surface area contributed by atoms with Crippen LogP contribution in [0.5, 0.6) is 23.0 Å². The average molecular weight is 539 g/mol. The summed E-state index contributed by atoms with van der Waals surface area (Å²) in [7, 11) is 5.34. The number of thioether (sulfide) groups is 1. The Bertz CT molecular complexity index is 1450. The van der Waals surface area contributed by atoms with Gasteiger partial charge >= 0.3 is 5.97 Å². The highest BCUT2D eigenvalue weighted by Gasteiger charge is 2.79. The van der Waals surface area contributed by atoms with Gasteiger partial charge in [0.15, 0.2) is 17.1 Å². The third kappa shape index (κ3) is 2.44. The number of hydrogen-bond donors (Lipinski definition) is 4. The Kier molecular flexibility index (Phi) is 4.82. The number of aromatic hydroxyl groups is 2. The van der Waals surface area contributed by atoms with Gasteiger partial charge in [-0.2, -0.15) is 0 Å². The normalized spacial score (nSPS) is 33.9. The number of carboxylic acids is 1. The summed E-state index contributed by atoms with van der Waals surface area (Å²) in [5.74, 6) is 0.272. The predicted octanol–water partition coefficient (Wildman–Crippen LogP) is 2.23. The highest BCUT2D eigenvalue weighted by atomic mass is 32.2. The van der Waals surface area contributed by atoms with Crippen molar-refractivity contribution in [1.82, 2.24) is 4.90 Å². The third-order valence-corrected chi connectivity index (χ3v) is 10.9. The Morgan fingerprint density at radius 2 is 2.05 bits per heavy atom. The lowest BCUT2D eigenvalue weighted by Gasteiger charge is -2.69. The van der Waals surface area contributed by atoms with Crippen LogP contribution in [0.2, 0.25) is 0 Å². The SMILES string of the molecule is COc1ccc2c3c1O[C@H]1C4(OC)C=C[C@@]5(c6c(O)cc(SC[C@@H](N)C(=O)O)c(O)c64)[C@@H](C2)N(C)CC[C@]315. The molecule has 1 fully saturated rings. The minimum atomic E-state index is -1.19. The quantitative estimate of drug-likeness (QED) is 0.246. The van der Waals surface area contributed by atoms with E-state index < -0.39 is 34.5 Å². The largest absolute Gasteiger partial charge is 0.508 e. The summed E-state index contributed by atoms with van der Waals surface area (Å²) in [5, 5.41) is 32.8. The number of benzene rings is 2. The highest BCUT2D eigenvalue weighted by Crippen LogP contribution is 2.76. The summed E-state index contributed by atoms with van der Waals surface area (Å²) in [5.41, 5.74) is 6.78. The Morgan fingerprint density at radius 1 is 1.26 bits per heavy atom. The zero-order chi connectivity index (χ0) is 26.8. The van der Waals surface area contributed by atoms with Crippen LogP contribution in [0.3, 0.4) is 0 Å². The van der Waals surface area contributed by atoms with Crippen molar-refractivity contribution in [3.8, 4) is 23.0 Å². The predicted molar refractivity (Wildman–Crippen MR) is 139 cm³/mol. The molecule has 2 aliphatic heterocycles. The molecule has 0 amide bonds. The van der Waals surface area contributed by atoms with E-state index in [0.717, 1.165) is 36.7 Å². The van der Waals surface area contributed by atoms with Crippen LogP contribution >= 0.6 is 11.8 Å². The summed E-state index contributed by atoms with van der Waals surface area (Å²) >= 11 is 1.10. The molecule has 2 aromatic rings. The summed E-state index contributed by atoms with van der Waals surface area (Å²) in [6.07, 6.45) is 5.18. The monoisotopic (exact) mass is 538 g/mol. The van der Waals surface area contributed by atoms with Crippen molar-refractivity contribution < 1.29 is 34.3 Å². The van der Waals surface area contributed by atoms with E-state index in [1.54, 1.807) is 20.3 Å². The lowest BCUT2D eigenvalue weighted by molar-refractivity contribution is -0.146. The standard InChI is InChI=1S/C28H30N2O7S/c1-30-9-8-27-19-13-4-5-16(35-2)23(19)37-25(27)28(36-3)7-6-26(27,18(30)10-13)20-15(31)11-17(22(32)21(20)28)38-12-14(29)24(33)34/h4-7,11,14,18,25,31-32H,8-10,12,29H2,1-3H3,(H,33,34)/t14-,18-,25-,26+,27+,28?/m1/s1. The highest BCUT2D eigenvalue weighted by molar-refractivity contribution is 7.99. The molecule has 8 rings (SSSR count). The first-order valence-corrected chi connectivity index (χ1v) is 13.7. The maximum absolute atomic E-state index is 11.8. The summed E-state index contributed by atoms with van der Waals surface area (Å²) in [4.78, 5) is 14.0. The van der Waals surface area contributed by atoms with E-state index in [2.05, 4.69) is 24.1 Å². The fourth-order valence-electron chi connectivity index (χ4n) is 8.27. The van der Waals surface area contributed by atoms with E-state index in [1.807, 2.05) is 12.1 Å². The Morgan fingerprint density at radius 3 is 2.76 bits per heavy atom. The first kappa shape index (κ1) is 24.1. The molecule has 4 bridgehead atoms. The molecule has 6 atom stereocenters. The number of hydrogen-bond acceptors (Lipinski definition) is 9. The minimum absolute atomic E-state index is 0.00332. The van der Waals surface area contributed by atoms with Crippen molar-refractivity contribution in [2.24, 2.45) is 5.73 Å². The number of nitrogens with zero attached hydrogens (tertiary/aromatic N) is 1. The van der Waals surface area contributed by atoms with E-state index in [4.69, 9.17) is 19.9 Å². The maximum Gasteiger partial charge on any atom is 0.321 e. The van der Waals surface area contributed by atoms with Crippen molar-refractivity contribution in [3.05, 3.63) is 52.6 Å². The average Bonchev–Trinajstić information content (AvgIpc) is 3.28. The number of phenolic OH excluding ortho intramolecular Hbond substituents is 2. The number of aliphatic carboxylic acids is 1. The number of ether oxygens (including phenoxy) is 3. The molecule has 2 aromatic carbocycles. The van der Waals surface area contributed by atoms with Crippen LogP contribution in [0.15, 0.2) is 35.2 Å². The number of methoxy groups -OCH3 is 2. The van der Waals surface area contributed by atoms with Gasteiger partial charge in [0.2, 0.25) is 0 Å². The number of carbonyl (C=O) groups is 1. The van der Waals surface area contributed by atoms with Crippen LogP contribution in [0.25, 0.3) is 0 Å². The molecule has 1 unspecified atom stereocenters. The number of carboxylic acid groups (broad SMARTS) is 1. The number of likely N-dealkylation sites (tertiary alicyclic amines) is 1. The first-order valence-electron chi connectivity index (χ1n) is 12.7. The molecule has 10 heteroatoms. The van der Waals surface area contributed by atoms with Crippen molar-refractivity contribution in [2.45, 2.75) is 52.4 Å². The van der Waals surface area contributed by atoms with Gasteiger partial charge in [0.1, 0.15) is 23.6 Å². The van der Waals surface area contributed by atoms with Gasteiger partial charge in [0.05, 0.1) is 17.4 Å². The summed E-state index contributed by atoms with van der Waals surface area (Å²) in [6, 6.07) is 4.51. The molecule has 38 heavy (non-hydrogen) atoms. The lowest BCUT2D eigenvalue weighted by atomic mass is 9.37. The molecule has 0 saturated carbocycles. The lowest BCUT2D eigenvalue weighted by Crippen LogP contribution is -2.77. The smallest absolute Gasteiger partial charge is 0.321 e. The molecule has 4 aliphatic carbocycles. The Labute approximate surface area is 224 Å². The van der Waals surface area contributed by atoms with Crippen molar-refractivity contribution in [2.75, 3.05) is 33.6 Å². The molecule has 0 aromatic heterocycles. The Hall–Kier alpha value is -2.92. The molecular formula is C28H30N2O7S. The first-order chi connectivity index (χ1) is 18.2. The zero-order valence-corrected chi connectivity index (χ0v) is 22.2. The number of rotatable bonds is 6. The number of likely N-dealkylation sites (N-methyl/N-ethyl adjacent to an activating group) is 1. The van der Waals surface area contributed by atoms with E-state index in [-0.39, 0.29) is 23.3 Å². The van der Waals surface area contributed by atoms with Crippen LogP contribution in [0, 0.1) is 0 Å². The number of phenols is 2. The summed E-state index contributed by atoms with van der Waals surface area (Å²) in [6.45, 7) is 0.846. The van der Waals surface area contributed by atoms with Crippen LogP contribution < -0.4 is 15.2 Å².